The molecule has 0 radical (unpaired) electrons. The maximum atomic E-state index is 12.5. The van der Waals surface area contributed by atoms with Crippen LogP contribution in [0.2, 0.25) is 5.02 Å². The molecular weight excluding hydrogens is 412 g/mol. The maximum Gasteiger partial charge on any atom is 0.266 e. The molecule has 0 aliphatic carbocycles. The molecule has 3 rings (SSSR count). The van der Waals surface area contributed by atoms with Gasteiger partial charge in [-0.05, 0) is 48.4 Å². The van der Waals surface area contributed by atoms with Crippen LogP contribution in [0.1, 0.15) is 16.7 Å². The van der Waals surface area contributed by atoms with Gasteiger partial charge in [0, 0.05) is 5.69 Å². The molecule has 5 nitrogen and oxygen atoms in total. The minimum absolute atomic E-state index is 0.0587. The van der Waals surface area contributed by atoms with Crippen LogP contribution in [-0.4, -0.2) is 13.0 Å². The van der Waals surface area contributed by atoms with Crippen molar-refractivity contribution in [3.8, 4) is 17.6 Å². The molecule has 0 saturated heterocycles. The number of anilines is 1. The molecule has 0 spiro atoms. The number of nitriles is 1. The van der Waals surface area contributed by atoms with Crippen LogP contribution < -0.4 is 14.8 Å². The molecule has 0 heterocycles. The summed E-state index contributed by atoms with van der Waals surface area (Å²) in [4.78, 5) is 12.5. The highest BCUT2D eigenvalue weighted by Gasteiger charge is 2.14. The fourth-order valence-corrected chi connectivity index (χ4v) is 3.12. The van der Waals surface area contributed by atoms with Gasteiger partial charge in [-0.1, -0.05) is 59.6 Å². The van der Waals surface area contributed by atoms with Crippen LogP contribution in [0.5, 0.6) is 11.5 Å². The molecule has 0 saturated carbocycles. The highest BCUT2D eigenvalue weighted by Crippen LogP contribution is 2.37. The second kappa shape index (κ2) is 10.3. The standard InChI is InChI=1S/C25H21ClN2O3/c1-17-8-10-21(11-9-17)28-25(29)20(15-27)12-19-13-22(26)24(23(14-19)30-2)31-16-18-6-4-3-5-7-18/h3-14H,16H2,1-2H3,(H,28,29)/b20-12+. The molecule has 0 bridgehead atoms. The Hall–Kier alpha value is -3.75. The second-order valence-electron chi connectivity index (χ2n) is 6.80. The normalized spacial score (nSPS) is 10.8. The van der Waals surface area contributed by atoms with Crippen LogP contribution in [-0.2, 0) is 11.4 Å². The number of carbonyl (C=O) groups is 1. The van der Waals surface area contributed by atoms with Crippen LogP contribution in [0.3, 0.4) is 0 Å². The Morgan fingerprint density at radius 3 is 2.48 bits per heavy atom. The fraction of sp³-hybridized carbons (Fsp3) is 0.120. The van der Waals surface area contributed by atoms with Crippen molar-refractivity contribution in [1.29, 1.82) is 5.26 Å². The molecule has 0 fully saturated rings. The van der Waals surface area contributed by atoms with Gasteiger partial charge < -0.3 is 14.8 Å². The second-order valence-corrected chi connectivity index (χ2v) is 7.21. The van der Waals surface area contributed by atoms with Gasteiger partial charge in [0.1, 0.15) is 18.2 Å². The van der Waals surface area contributed by atoms with Gasteiger partial charge in [-0.15, -0.1) is 0 Å². The van der Waals surface area contributed by atoms with Crippen LogP contribution in [0.25, 0.3) is 6.08 Å². The number of nitrogens with zero attached hydrogens (tertiary/aromatic N) is 1. The molecule has 6 heteroatoms. The van der Waals surface area contributed by atoms with E-state index >= 15 is 0 Å². The Balaban J connectivity index is 1.81. The van der Waals surface area contributed by atoms with Crippen LogP contribution in [0.15, 0.2) is 72.3 Å². The third-order valence-corrected chi connectivity index (χ3v) is 4.74. The molecule has 3 aromatic rings. The largest absolute Gasteiger partial charge is 0.493 e. The van der Waals surface area contributed by atoms with Gasteiger partial charge in [0.05, 0.1) is 12.1 Å². The van der Waals surface area contributed by atoms with E-state index in [1.807, 2.05) is 55.5 Å². The fourth-order valence-electron chi connectivity index (χ4n) is 2.84. The first-order chi connectivity index (χ1) is 15.0. The lowest BCUT2D eigenvalue weighted by atomic mass is 10.1. The van der Waals surface area contributed by atoms with E-state index in [1.54, 1.807) is 24.3 Å². The van der Waals surface area contributed by atoms with Crippen molar-refractivity contribution >= 4 is 29.3 Å². The van der Waals surface area contributed by atoms with Crippen LogP contribution >= 0.6 is 11.6 Å². The quantitative estimate of drug-likeness (QED) is 0.379. The topological polar surface area (TPSA) is 71.3 Å². The summed E-state index contributed by atoms with van der Waals surface area (Å²) >= 11 is 6.41. The Morgan fingerprint density at radius 1 is 1.13 bits per heavy atom. The number of carbonyl (C=O) groups excluding carboxylic acids is 1. The molecular formula is C25H21ClN2O3. The zero-order chi connectivity index (χ0) is 22.2. The lowest BCUT2D eigenvalue weighted by molar-refractivity contribution is -0.112. The highest BCUT2D eigenvalue weighted by atomic mass is 35.5. The number of rotatable bonds is 7. The third-order valence-electron chi connectivity index (χ3n) is 4.46. The predicted octanol–water partition coefficient (Wildman–Crippen LogP) is 5.78. The zero-order valence-corrected chi connectivity index (χ0v) is 17.9. The smallest absolute Gasteiger partial charge is 0.266 e. The minimum Gasteiger partial charge on any atom is -0.493 e. The van der Waals surface area contributed by atoms with Gasteiger partial charge in [-0.25, -0.2) is 0 Å². The number of ether oxygens (including phenoxy) is 2. The number of hydrogen-bond donors (Lipinski definition) is 1. The lowest BCUT2D eigenvalue weighted by Crippen LogP contribution is -2.13. The van der Waals surface area contributed by atoms with Gasteiger partial charge >= 0.3 is 0 Å². The van der Waals surface area contributed by atoms with E-state index in [1.165, 1.54) is 13.2 Å². The Labute approximate surface area is 186 Å². The van der Waals surface area contributed by atoms with Crippen molar-refractivity contribution in [2.75, 3.05) is 12.4 Å². The number of aryl methyl sites for hydroxylation is 1. The molecule has 0 aliphatic rings. The van der Waals surface area contributed by atoms with Gasteiger partial charge in [0.25, 0.3) is 5.91 Å². The Bertz CT molecular complexity index is 1130. The molecule has 31 heavy (non-hydrogen) atoms. The van der Waals surface area contributed by atoms with Gasteiger partial charge in [-0.3, -0.25) is 4.79 Å². The van der Waals surface area contributed by atoms with Crippen molar-refractivity contribution in [3.63, 3.8) is 0 Å². The first kappa shape index (κ1) is 21.9. The summed E-state index contributed by atoms with van der Waals surface area (Å²) in [6.07, 6.45) is 1.46. The van der Waals surface area contributed by atoms with Crippen molar-refractivity contribution in [2.45, 2.75) is 13.5 Å². The number of nitrogens with one attached hydrogen (secondary N) is 1. The van der Waals surface area contributed by atoms with Crippen molar-refractivity contribution < 1.29 is 14.3 Å². The zero-order valence-electron chi connectivity index (χ0n) is 17.2. The average Bonchev–Trinajstić information content (AvgIpc) is 2.78. The average molecular weight is 433 g/mol. The number of amides is 1. The summed E-state index contributed by atoms with van der Waals surface area (Å²) in [5, 5.41) is 12.5. The van der Waals surface area contributed by atoms with Crippen molar-refractivity contribution in [3.05, 3.63) is 94.0 Å². The molecule has 1 amide bonds. The minimum atomic E-state index is -0.508. The molecule has 0 atom stereocenters. The maximum absolute atomic E-state index is 12.5. The monoisotopic (exact) mass is 432 g/mol. The predicted molar refractivity (Wildman–Crippen MR) is 122 cm³/mol. The summed E-state index contributed by atoms with van der Waals surface area (Å²) in [5.41, 5.74) is 3.16. The summed E-state index contributed by atoms with van der Waals surface area (Å²) < 4.78 is 11.3. The highest BCUT2D eigenvalue weighted by molar-refractivity contribution is 6.32. The SMILES string of the molecule is COc1cc(/C=C(\C#N)C(=O)Nc2ccc(C)cc2)cc(Cl)c1OCc1ccccc1. The van der Waals surface area contributed by atoms with Crippen molar-refractivity contribution in [2.24, 2.45) is 0 Å². The Morgan fingerprint density at radius 2 is 1.84 bits per heavy atom. The number of benzene rings is 3. The molecule has 3 aromatic carbocycles. The van der Waals surface area contributed by atoms with E-state index in [0.717, 1.165) is 11.1 Å². The summed E-state index contributed by atoms with van der Waals surface area (Å²) in [7, 11) is 1.50. The van der Waals surface area contributed by atoms with Crippen LogP contribution in [0.4, 0.5) is 5.69 Å². The van der Waals surface area contributed by atoms with E-state index in [0.29, 0.717) is 34.4 Å². The number of hydrogen-bond acceptors (Lipinski definition) is 4. The summed E-state index contributed by atoms with van der Waals surface area (Å²) in [6, 6.07) is 22.2. The Kier molecular flexibility index (Phi) is 7.31. The molecule has 0 aromatic heterocycles. The van der Waals surface area contributed by atoms with E-state index in [-0.39, 0.29) is 5.57 Å². The summed E-state index contributed by atoms with van der Waals surface area (Å²) in [5.74, 6) is 0.296. The van der Waals surface area contributed by atoms with Crippen molar-refractivity contribution in [1.82, 2.24) is 0 Å². The first-order valence-electron chi connectivity index (χ1n) is 9.54. The van der Waals surface area contributed by atoms with Crippen LogP contribution in [0, 0.1) is 18.3 Å². The van der Waals surface area contributed by atoms with E-state index in [9.17, 15) is 10.1 Å². The molecule has 156 valence electrons. The molecule has 1 N–H and O–H groups in total. The van der Waals surface area contributed by atoms with Gasteiger partial charge in [0.2, 0.25) is 0 Å². The van der Waals surface area contributed by atoms with E-state index in [2.05, 4.69) is 5.32 Å². The van der Waals surface area contributed by atoms with Gasteiger partial charge in [-0.2, -0.15) is 5.26 Å². The summed E-state index contributed by atoms with van der Waals surface area (Å²) in [6.45, 7) is 2.28. The number of methoxy groups -OCH3 is 1. The lowest BCUT2D eigenvalue weighted by Gasteiger charge is -2.13. The van der Waals surface area contributed by atoms with Gasteiger partial charge in [0.15, 0.2) is 11.5 Å². The van der Waals surface area contributed by atoms with E-state index in [4.69, 9.17) is 21.1 Å². The molecule has 0 aliphatic heterocycles. The molecule has 0 unspecified atom stereocenters. The van der Waals surface area contributed by atoms with E-state index < -0.39 is 5.91 Å². The first-order valence-corrected chi connectivity index (χ1v) is 9.92. The number of halogens is 1. The third kappa shape index (κ3) is 5.88.